The second-order valence-electron chi connectivity index (χ2n) is 10.4. The predicted octanol–water partition coefficient (Wildman–Crippen LogP) is 4.13. The maximum atomic E-state index is 12.2. The smallest absolute Gasteiger partial charge is 0.331 e. The first kappa shape index (κ1) is 22.1. The van der Waals surface area contributed by atoms with Crippen LogP contribution in [0.5, 0.6) is 0 Å². The van der Waals surface area contributed by atoms with Crippen LogP contribution >= 0.6 is 0 Å². The van der Waals surface area contributed by atoms with Crippen LogP contribution < -0.4 is 0 Å². The minimum absolute atomic E-state index is 0.166. The molecular weight excluding hydrogens is 396 g/mol. The summed E-state index contributed by atoms with van der Waals surface area (Å²) in [5.41, 5.74) is -0.904. The van der Waals surface area contributed by atoms with Crippen LogP contribution in [0.1, 0.15) is 65.7 Å². The topological polar surface area (TPSA) is 78.9 Å². The van der Waals surface area contributed by atoms with Gasteiger partial charge in [0.15, 0.2) is 0 Å². The Morgan fingerprint density at radius 1 is 0.839 bits per heavy atom. The van der Waals surface area contributed by atoms with Crippen LogP contribution in [0.4, 0.5) is 0 Å². The quantitative estimate of drug-likeness (QED) is 0.343. The van der Waals surface area contributed by atoms with E-state index in [2.05, 4.69) is 0 Å². The summed E-state index contributed by atoms with van der Waals surface area (Å²) in [6, 6.07) is 0. The SMILES string of the molecule is C/C=C/C(=O)OC1(C)CC2CC(COC(=O)/C=C\C(=O)OC3(C)CC4CC[C@@H]3C4)C1C2. The number of carbonyl (C=O) groups is 3. The van der Waals surface area contributed by atoms with E-state index in [4.69, 9.17) is 14.2 Å². The lowest BCUT2D eigenvalue weighted by atomic mass is 9.78. The van der Waals surface area contributed by atoms with Gasteiger partial charge >= 0.3 is 17.9 Å². The molecule has 0 amide bonds. The average molecular weight is 431 g/mol. The lowest BCUT2D eigenvalue weighted by molar-refractivity contribution is -0.162. The fourth-order valence-electron chi connectivity index (χ4n) is 6.90. The van der Waals surface area contributed by atoms with Gasteiger partial charge in [0.05, 0.1) is 6.61 Å². The molecule has 0 aromatic heterocycles. The van der Waals surface area contributed by atoms with Gasteiger partial charge in [-0.25, -0.2) is 14.4 Å². The summed E-state index contributed by atoms with van der Waals surface area (Å²) < 4.78 is 16.9. The van der Waals surface area contributed by atoms with E-state index in [0.29, 0.717) is 17.8 Å². The van der Waals surface area contributed by atoms with E-state index >= 15 is 0 Å². The Labute approximate surface area is 184 Å². The van der Waals surface area contributed by atoms with Crippen LogP contribution in [-0.4, -0.2) is 35.7 Å². The number of carbonyl (C=O) groups excluding carboxylic acids is 3. The molecule has 6 nitrogen and oxygen atoms in total. The molecule has 0 N–H and O–H groups in total. The van der Waals surface area contributed by atoms with Crippen molar-refractivity contribution < 1.29 is 28.6 Å². The molecule has 4 rings (SSSR count). The summed E-state index contributed by atoms with van der Waals surface area (Å²) in [5, 5.41) is 0. The van der Waals surface area contributed by atoms with Crippen molar-refractivity contribution in [3.63, 3.8) is 0 Å². The Morgan fingerprint density at radius 3 is 2.16 bits per heavy atom. The molecule has 6 heteroatoms. The predicted molar refractivity (Wildman–Crippen MR) is 114 cm³/mol. The normalized spacial score (nSPS) is 40.7. The van der Waals surface area contributed by atoms with E-state index in [1.54, 1.807) is 13.0 Å². The average Bonchev–Trinajstić information content (AvgIpc) is 3.44. The van der Waals surface area contributed by atoms with E-state index in [0.717, 1.165) is 44.6 Å². The van der Waals surface area contributed by atoms with Gasteiger partial charge in [-0.3, -0.25) is 0 Å². The highest BCUT2D eigenvalue weighted by Crippen LogP contribution is 2.55. The van der Waals surface area contributed by atoms with Gasteiger partial charge in [0, 0.05) is 24.1 Å². The van der Waals surface area contributed by atoms with Gasteiger partial charge in [-0.1, -0.05) is 6.08 Å². The minimum Gasteiger partial charge on any atom is -0.462 e. The number of hydrogen-bond acceptors (Lipinski definition) is 6. The molecule has 0 saturated heterocycles. The van der Waals surface area contributed by atoms with E-state index in [9.17, 15) is 14.4 Å². The first-order chi connectivity index (χ1) is 14.7. The van der Waals surface area contributed by atoms with E-state index in [1.807, 2.05) is 13.8 Å². The van der Waals surface area contributed by atoms with Gasteiger partial charge in [0.1, 0.15) is 11.2 Å². The van der Waals surface area contributed by atoms with Crippen LogP contribution in [0.25, 0.3) is 0 Å². The van der Waals surface area contributed by atoms with Crippen molar-refractivity contribution >= 4 is 17.9 Å². The highest BCUT2D eigenvalue weighted by Gasteiger charge is 2.55. The Morgan fingerprint density at radius 2 is 1.52 bits per heavy atom. The third-order valence-electron chi connectivity index (χ3n) is 8.13. The Balaban J connectivity index is 1.24. The summed E-state index contributed by atoms with van der Waals surface area (Å²) in [4.78, 5) is 36.3. The number of hydrogen-bond donors (Lipinski definition) is 0. The third-order valence-corrected chi connectivity index (χ3v) is 8.13. The molecule has 0 aliphatic heterocycles. The maximum absolute atomic E-state index is 12.2. The molecule has 0 radical (unpaired) electrons. The molecule has 7 atom stereocenters. The van der Waals surface area contributed by atoms with Crippen LogP contribution in [0.15, 0.2) is 24.3 Å². The number of ether oxygens (including phenoxy) is 3. The largest absolute Gasteiger partial charge is 0.462 e. The third kappa shape index (κ3) is 4.58. The van der Waals surface area contributed by atoms with Gasteiger partial charge in [-0.15, -0.1) is 0 Å². The van der Waals surface area contributed by atoms with Gasteiger partial charge in [0.25, 0.3) is 0 Å². The molecule has 4 aliphatic rings. The molecular formula is C25H34O6. The lowest BCUT2D eigenvalue weighted by Gasteiger charge is -2.37. The first-order valence-electron chi connectivity index (χ1n) is 11.6. The summed E-state index contributed by atoms with van der Waals surface area (Å²) in [5.74, 6) is 0.618. The molecule has 0 aromatic rings. The Bertz CT molecular complexity index is 800. The molecule has 4 saturated carbocycles. The minimum atomic E-state index is -0.537. The fraction of sp³-hybridized carbons (Fsp3) is 0.720. The zero-order chi connectivity index (χ0) is 22.2. The fourth-order valence-corrected chi connectivity index (χ4v) is 6.90. The lowest BCUT2D eigenvalue weighted by Crippen LogP contribution is -2.42. The second-order valence-corrected chi connectivity index (χ2v) is 10.4. The molecule has 0 aromatic carbocycles. The van der Waals surface area contributed by atoms with Crippen molar-refractivity contribution in [2.75, 3.05) is 6.61 Å². The molecule has 170 valence electrons. The highest BCUT2D eigenvalue weighted by atomic mass is 16.6. The van der Waals surface area contributed by atoms with Gasteiger partial charge in [-0.2, -0.15) is 0 Å². The number of rotatable bonds is 7. The molecule has 6 unspecified atom stereocenters. The monoisotopic (exact) mass is 430 g/mol. The summed E-state index contributed by atoms with van der Waals surface area (Å²) in [6.07, 6.45) is 12.7. The van der Waals surface area contributed by atoms with E-state index < -0.39 is 23.1 Å². The van der Waals surface area contributed by atoms with Crippen molar-refractivity contribution in [1.82, 2.24) is 0 Å². The van der Waals surface area contributed by atoms with Crippen molar-refractivity contribution in [2.24, 2.45) is 29.6 Å². The highest BCUT2D eigenvalue weighted by molar-refractivity contribution is 5.91. The summed E-state index contributed by atoms with van der Waals surface area (Å²) in [6.45, 7) is 6.06. The standard InChI is InChI=1S/C25H34O6/c1-4-5-22(27)31-25(3)14-17-10-18(20(25)12-17)15-29-21(26)8-9-23(28)30-24(2)13-16-6-7-19(24)11-16/h4-5,8-9,16-20H,6-7,10-15H2,1-3H3/b5-4+,9-8-/t16?,17?,18?,19-,20?,24?,25?/m1/s1. The van der Waals surface area contributed by atoms with Gasteiger partial charge in [0.2, 0.25) is 0 Å². The Kier molecular flexibility index (Phi) is 6.01. The molecule has 4 fully saturated rings. The second kappa shape index (κ2) is 8.44. The molecule has 31 heavy (non-hydrogen) atoms. The summed E-state index contributed by atoms with van der Waals surface area (Å²) >= 11 is 0. The van der Waals surface area contributed by atoms with Crippen molar-refractivity contribution in [1.29, 1.82) is 0 Å². The number of allylic oxidation sites excluding steroid dienone is 1. The molecule has 4 bridgehead atoms. The first-order valence-corrected chi connectivity index (χ1v) is 11.6. The van der Waals surface area contributed by atoms with Crippen LogP contribution in [0.3, 0.4) is 0 Å². The summed E-state index contributed by atoms with van der Waals surface area (Å²) in [7, 11) is 0. The van der Waals surface area contributed by atoms with E-state index in [1.165, 1.54) is 18.6 Å². The van der Waals surface area contributed by atoms with Crippen LogP contribution in [-0.2, 0) is 28.6 Å². The van der Waals surface area contributed by atoms with Gasteiger partial charge < -0.3 is 14.2 Å². The van der Waals surface area contributed by atoms with Crippen LogP contribution in [0, 0.1) is 29.6 Å². The zero-order valence-electron chi connectivity index (χ0n) is 18.8. The number of esters is 3. The van der Waals surface area contributed by atoms with Crippen molar-refractivity contribution in [3.05, 3.63) is 24.3 Å². The van der Waals surface area contributed by atoms with Crippen molar-refractivity contribution in [2.45, 2.75) is 76.9 Å². The van der Waals surface area contributed by atoms with Crippen molar-refractivity contribution in [3.8, 4) is 0 Å². The Hall–Kier alpha value is -2.11. The number of fused-ring (bicyclic) bond motifs is 4. The molecule has 0 spiro atoms. The van der Waals surface area contributed by atoms with Crippen LogP contribution in [0.2, 0.25) is 0 Å². The van der Waals surface area contributed by atoms with Gasteiger partial charge in [-0.05, 0) is 89.4 Å². The molecule has 4 aliphatic carbocycles. The van der Waals surface area contributed by atoms with E-state index in [-0.39, 0.29) is 24.4 Å². The maximum Gasteiger partial charge on any atom is 0.331 e. The zero-order valence-corrected chi connectivity index (χ0v) is 18.8. The molecule has 0 heterocycles.